The van der Waals surface area contributed by atoms with E-state index in [-0.39, 0.29) is 11.8 Å². The zero-order chi connectivity index (χ0) is 17.2. The summed E-state index contributed by atoms with van der Waals surface area (Å²) in [4.78, 5) is 17.1. The predicted molar refractivity (Wildman–Crippen MR) is 97.3 cm³/mol. The second kappa shape index (κ2) is 6.51. The number of amides is 1. The molecular formula is C20H20N4O. The van der Waals surface area contributed by atoms with Crippen LogP contribution < -0.4 is 5.32 Å². The standard InChI is InChI=1S/C20H20N4O/c1-13(14-6-3-2-4-7-14)20(25)21-17-9-5-8-16(12-17)19-22-18(23-24-19)15-10-11-15/h2-9,12-13,15H,10-11H2,1H3,(H,21,25)(H,22,23,24)/t13-/m0/s1. The van der Waals surface area contributed by atoms with E-state index in [1.54, 1.807) is 0 Å². The Bertz CT molecular complexity index is 883. The molecule has 25 heavy (non-hydrogen) atoms. The van der Waals surface area contributed by atoms with Crippen LogP contribution in [0.3, 0.4) is 0 Å². The molecule has 0 bridgehead atoms. The van der Waals surface area contributed by atoms with Crippen molar-refractivity contribution in [3.63, 3.8) is 0 Å². The van der Waals surface area contributed by atoms with Crippen molar-refractivity contribution in [3.8, 4) is 11.4 Å². The largest absolute Gasteiger partial charge is 0.326 e. The summed E-state index contributed by atoms with van der Waals surface area (Å²) in [5, 5.41) is 10.3. The van der Waals surface area contributed by atoms with Crippen molar-refractivity contribution < 1.29 is 4.79 Å². The van der Waals surface area contributed by atoms with Crippen LogP contribution in [-0.2, 0) is 4.79 Å². The molecule has 2 N–H and O–H groups in total. The number of rotatable bonds is 5. The van der Waals surface area contributed by atoms with Crippen LogP contribution in [0.2, 0.25) is 0 Å². The first-order valence-electron chi connectivity index (χ1n) is 8.59. The maximum atomic E-state index is 12.5. The molecule has 0 unspecified atom stereocenters. The molecule has 0 spiro atoms. The SMILES string of the molecule is C[C@H](C(=O)Nc1cccc(-c2n[nH]c(C3CC3)n2)c1)c1ccccc1. The summed E-state index contributed by atoms with van der Waals surface area (Å²) in [6.45, 7) is 1.91. The smallest absolute Gasteiger partial charge is 0.231 e. The molecule has 1 atom stereocenters. The Morgan fingerprint density at radius 1 is 1.16 bits per heavy atom. The Balaban J connectivity index is 1.50. The molecule has 0 aliphatic heterocycles. The molecule has 0 saturated heterocycles. The second-order valence-electron chi connectivity index (χ2n) is 6.52. The number of H-pyrrole nitrogens is 1. The molecule has 1 aliphatic rings. The third kappa shape index (κ3) is 3.45. The Morgan fingerprint density at radius 2 is 1.96 bits per heavy atom. The van der Waals surface area contributed by atoms with Gasteiger partial charge in [-0.3, -0.25) is 9.89 Å². The summed E-state index contributed by atoms with van der Waals surface area (Å²) in [6, 6.07) is 17.4. The fourth-order valence-electron chi connectivity index (χ4n) is 2.82. The van der Waals surface area contributed by atoms with Crippen molar-refractivity contribution in [2.24, 2.45) is 0 Å². The highest BCUT2D eigenvalue weighted by atomic mass is 16.1. The van der Waals surface area contributed by atoms with Gasteiger partial charge < -0.3 is 5.32 Å². The van der Waals surface area contributed by atoms with E-state index in [0.717, 1.165) is 22.6 Å². The highest BCUT2D eigenvalue weighted by Gasteiger charge is 2.27. The number of aromatic nitrogens is 3. The monoisotopic (exact) mass is 332 g/mol. The van der Waals surface area contributed by atoms with Crippen LogP contribution in [0.1, 0.15) is 43.0 Å². The molecule has 2 aromatic carbocycles. The predicted octanol–water partition coefficient (Wildman–Crippen LogP) is 4.09. The lowest BCUT2D eigenvalue weighted by Crippen LogP contribution is -2.18. The molecule has 126 valence electrons. The van der Waals surface area contributed by atoms with Crippen LogP contribution in [0.25, 0.3) is 11.4 Å². The summed E-state index contributed by atoms with van der Waals surface area (Å²) in [7, 11) is 0. The Labute approximate surface area is 146 Å². The van der Waals surface area contributed by atoms with E-state index in [4.69, 9.17) is 0 Å². The number of hydrogen-bond acceptors (Lipinski definition) is 3. The van der Waals surface area contributed by atoms with Crippen LogP contribution in [0.4, 0.5) is 5.69 Å². The van der Waals surface area contributed by atoms with E-state index in [9.17, 15) is 4.79 Å². The summed E-state index contributed by atoms with van der Waals surface area (Å²) in [5.74, 6) is 1.93. The molecule has 1 aliphatic carbocycles. The first-order valence-corrected chi connectivity index (χ1v) is 8.59. The van der Waals surface area contributed by atoms with Crippen molar-refractivity contribution in [2.75, 3.05) is 5.32 Å². The molecule has 3 aromatic rings. The highest BCUT2D eigenvalue weighted by Crippen LogP contribution is 2.38. The Hall–Kier alpha value is -2.95. The van der Waals surface area contributed by atoms with E-state index < -0.39 is 0 Å². The maximum absolute atomic E-state index is 12.5. The second-order valence-corrected chi connectivity index (χ2v) is 6.52. The molecule has 4 rings (SSSR count). The molecule has 1 fully saturated rings. The van der Waals surface area contributed by atoms with Crippen molar-refractivity contribution in [2.45, 2.75) is 31.6 Å². The van der Waals surface area contributed by atoms with Crippen LogP contribution in [-0.4, -0.2) is 21.1 Å². The van der Waals surface area contributed by atoms with Gasteiger partial charge in [-0.25, -0.2) is 4.98 Å². The van der Waals surface area contributed by atoms with Gasteiger partial charge in [0.1, 0.15) is 5.82 Å². The summed E-state index contributed by atoms with van der Waals surface area (Å²) >= 11 is 0. The molecule has 5 nitrogen and oxygen atoms in total. The minimum atomic E-state index is -0.213. The lowest BCUT2D eigenvalue weighted by atomic mass is 10.0. The van der Waals surface area contributed by atoms with Gasteiger partial charge in [0.25, 0.3) is 0 Å². The average molecular weight is 332 g/mol. The fraction of sp³-hybridized carbons (Fsp3) is 0.250. The van der Waals surface area contributed by atoms with Gasteiger partial charge in [-0.2, -0.15) is 5.10 Å². The van der Waals surface area contributed by atoms with E-state index in [1.165, 1.54) is 12.8 Å². The average Bonchev–Trinajstić information content (AvgIpc) is 3.39. The van der Waals surface area contributed by atoms with Crippen LogP contribution in [0.5, 0.6) is 0 Å². The maximum Gasteiger partial charge on any atom is 0.231 e. The number of carbonyl (C=O) groups is 1. The first kappa shape index (κ1) is 15.6. The molecule has 1 amide bonds. The van der Waals surface area contributed by atoms with Gasteiger partial charge in [-0.15, -0.1) is 0 Å². The van der Waals surface area contributed by atoms with Crippen LogP contribution in [0.15, 0.2) is 54.6 Å². The molecule has 1 heterocycles. The van der Waals surface area contributed by atoms with Crippen molar-refractivity contribution in [3.05, 3.63) is 66.0 Å². The van der Waals surface area contributed by atoms with Crippen LogP contribution >= 0.6 is 0 Å². The van der Waals surface area contributed by atoms with E-state index in [2.05, 4.69) is 20.5 Å². The van der Waals surface area contributed by atoms with Gasteiger partial charge in [0.2, 0.25) is 5.91 Å². The normalized spacial score (nSPS) is 14.9. The number of nitrogens with zero attached hydrogens (tertiary/aromatic N) is 2. The number of aromatic amines is 1. The van der Waals surface area contributed by atoms with Crippen molar-refractivity contribution in [1.82, 2.24) is 15.2 Å². The van der Waals surface area contributed by atoms with E-state index >= 15 is 0 Å². The quantitative estimate of drug-likeness (QED) is 0.739. The van der Waals surface area contributed by atoms with E-state index in [0.29, 0.717) is 11.7 Å². The lowest BCUT2D eigenvalue weighted by molar-refractivity contribution is -0.117. The number of anilines is 1. The van der Waals surface area contributed by atoms with Gasteiger partial charge in [-0.05, 0) is 37.5 Å². The summed E-state index contributed by atoms with van der Waals surface area (Å²) in [5.41, 5.74) is 2.65. The molecule has 5 heteroatoms. The Morgan fingerprint density at radius 3 is 2.72 bits per heavy atom. The third-order valence-electron chi connectivity index (χ3n) is 4.55. The molecule has 1 saturated carbocycles. The lowest BCUT2D eigenvalue weighted by Gasteiger charge is -2.13. The zero-order valence-corrected chi connectivity index (χ0v) is 14.1. The Kier molecular flexibility index (Phi) is 4.06. The van der Waals surface area contributed by atoms with Gasteiger partial charge >= 0.3 is 0 Å². The number of nitrogens with one attached hydrogen (secondary N) is 2. The molecule has 1 aromatic heterocycles. The van der Waals surface area contributed by atoms with Gasteiger partial charge in [0.15, 0.2) is 5.82 Å². The van der Waals surface area contributed by atoms with Gasteiger partial charge in [0.05, 0.1) is 5.92 Å². The fourth-order valence-corrected chi connectivity index (χ4v) is 2.82. The summed E-state index contributed by atoms with van der Waals surface area (Å²) in [6.07, 6.45) is 2.37. The van der Waals surface area contributed by atoms with Gasteiger partial charge in [0, 0.05) is 17.2 Å². The topological polar surface area (TPSA) is 70.7 Å². The number of carbonyl (C=O) groups excluding carboxylic acids is 1. The van der Waals surface area contributed by atoms with Gasteiger partial charge in [-0.1, -0.05) is 42.5 Å². The zero-order valence-electron chi connectivity index (χ0n) is 14.1. The van der Waals surface area contributed by atoms with E-state index in [1.807, 2.05) is 61.5 Å². The minimum absolute atomic E-state index is 0.0305. The summed E-state index contributed by atoms with van der Waals surface area (Å²) < 4.78 is 0. The van der Waals surface area contributed by atoms with Crippen molar-refractivity contribution in [1.29, 1.82) is 0 Å². The third-order valence-corrected chi connectivity index (χ3v) is 4.55. The minimum Gasteiger partial charge on any atom is -0.326 e. The first-order chi connectivity index (χ1) is 12.2. The highest BCUT2D eigenvalue weighted by molar-refractivity contribution is 5.96. The van der Waals surface area contributed by atoms with Crippen molar-refractivity contribution >= 4 is 11.6 Å². The molecular weight excluding hydrogens is 312 g/mol. The molecule has 0 radical (unpaired) electrons. The van der Waals surface area contributed by atoms with Crippen LogP contribution in [0, 0.1) is 0 Å². The number of benzene rings is 2. The number of hydrogen-bond donors (Lipinski definition) is 2.